The Bertz CT molecular complexity index is 365. The van der Waals surface area contributed by atoms with E-state index in [-0.39, 0.29) is 11.9 Å². The van der Waals surface area contributed by atoms with Crippen LogP contribution in [0.1, 0.15) is 49.5 Å². The molecule has 1 rings (SSSR count). The Labute approximate surface area is 97.6 Å². The Morgan fingerprint density at radius 2 is 1.94 bits per heavy atom. The van der Waals surface area contributed by atoms with Crippen molar-refractivity contribution in [1.29, 1.82) is 0 Å². The van der Waals surface area contributed by atoms with Crippen LogP contribution in [0, 0.1) is 6.92 Å². The van der Waals surface area contributed by atoms with Crippen LogP contribution < -0.4 is 4.74 Å². The van der Waals surface area contributed by atoms with Gasteiger partial charge in [-0.05, 0) is 50.5 Å². The molecule has 0 amide bonds. The summed E-state index contributed by atoms with van der Waals surface area (Å²) < 4.78 is 5.87. The maximum Gasteiger partial charge on any atom is 0.159 e. The van der Waals surface area contributed by atoms with Crippen molar-refractivity contribution in [2.24, 2.45) is 0 Å². The van der Waals surface area contributed by atoms with E-state index in [9.17, 15) is 4.79 Å². The molecule has 0 fully saturated rings. The number of ketones is 1. The van der Waals surface area contributed by atoms with Gasteiger partial charge in [0.25, 0.3) is 0 Å². The van der Waals surface area contributed by atoms with E-state index in [4.69, 9.17) is 4.74 Å². The quantitative estimate of drug-likeness (QED) is 0.706. The van der Waals surface area contributed by atoms with E-state index in [1.807, 2.05) is 25.1 Å². The molecular formula is C14H20O2. The lowest BCUT2D eigenvalue weighted by Gasteiger charge is -2.17. The first-order valence-electron chi connectivity index (χ1n) is 5.86. The molecule has 0 bridgehead atoms. The van der Waals surface area contributed by atoms with Crippen molar-refractivity contribution in [1.82, 2.24) is 0 Å². The van der Waals surface area contributed by atoms with Crippen LogP contribution in [0.15, 0.2) is 18.2 Å². The number of carbonyl (C=O) groups is 1. The van der Waals surface area contributed by atoms with Crippen LogP contribution in [-0.4, -0.2) is 11.9 Å². The minimum atomic E-state index is 0.0946. The molecule has 1 aromatic carbocycles. The van der Waals surface area contributed by atoms with E-state index in [1.54, 1.807) is 6.92 Å². The van der Waals surface area contributed by atoms with Crippen molar-refractivity contribution >= 4 is 5.78 Å². The van der Waals surface area contributed by atoms with Gasteiger partial charge in [-0.1, -0.05) is 13.8 Å². The lowest BCUT2D eigenvalue weighted by Crippen LogP contribution is -2.14. The molecule has 0 atom stereocenters. The summed E-state index contributed by atoms with van der Waals surface area (Å²) in [7, 11) is 0. The average Bonchev–Trinajstić information content (AvgIpc) is 2.27. The highest BCUT2D eigenvalue weighted by atomic mass is 16.5. The SMILES string of the molecule is CCC(CC)Oc1ccc(C(C)=O)cc1C. The summed E-state index contributed by atoms with van der Waals surface area (Å²) in [6.07, 6.45) is 2.27. The summed E-state index contributed by atoms with van der Waals surface area (Å²) in [5.41, 5.74) is 1.77. The molecule has 2 heteroatoms. The maximum absolute atomic E-state index is 11.2. The van der Waals surface area contributed by atoms with E-state index in [0.717, 1.165) is 29.7 Å². The molecular weight excluding hydrogens is 200 g/mol. The van der Waals surface area contributed by atoms with Gasteiger partial charge < -0.3 is 4.74 Å². The lowest BCUT2D eigenvalue weighted by molar-refractivity contribution is 0.101. The highest BCUT2D eigenvalue weighted by Crippen LogP contribution is 2.22. The number of benzene rings is 1. The molecule has 0 aliphatic carbocycles. The fourth-order valence-corrected chi connectivity index (χ4v) is 1.64. The Morgan fingerprint density at radius 3 is 2.38 bits per heavy atom. The average molecular weight is 220 g/mol. The summed E-state index contributed by atoms with van der Waals surface area (Å²) in [4.78, 5) is 11.2. The lowest BCUT2D eigenvalue weighted by atomic mass is 10.1. The molecule has 0 spiro atoms. The van der Waals surface area contributed by atoms with Crippen molar-refractivity contribution in [3.05, 3.63) is 29.3 Å². The third-order valence-corrected chi connectivity index (χ3v) is 2.79. The number of hydrogen-bond acceptors (Lipinski definition) is 2. The van der Waals surface area contributed by atoms with Crippen molar-refractivity contribution in [3.63, 3.8) is 0 Å². The molecule has 0 saturated heterocycles. The standard InChI is InChI=1S/C14H20O2/c1-5-13(6-2)16-14-8-7-12(11(4)15)9-10(14)3/h7-9,13H,5-6H2,1-4H3. The monoisotopic (exact) mass is 220 g/mol. The molecule has 0 radical (unpaired) electrons. The van der Waals surface area contributed by atoms with Crippen molar-refractivity contribution in [2.45, 2.75) is 46.6 Å². The highest BCUT2D eigenvalue weighted by molar-refractivity contribution is 5.94. The Morgan fingerprint density at radius 1 is 1.31 bits per heavy atom. The van der Waals surface area contributed by atoms with Gasteiger partial charge in [0.05, 0.1) is 6.10 Å². The van der Waals surface area contributed by atoms with Crippen LogP contribution >= 0.6 is 0 Å². The largest absolute Gasteiger partial charge is 0.490 e. The molecule has 16 heavy (non-hydrogen) atoms. The van der Waals surface area contributed by atoms with Gasteiger partial charge >= 0.3 is 0 Å². The second kappa shape index (κ2) is 5.69. The first-order valence-corrected chi connectivity index (χ1v) is 5.86. The van der Waals surface area contributed by atoms with Crippen LogP contribution in [-0.2, 0) is 0 Å². The van der Waals surface area contributed by atoms with Crippen LogP contribution in [0.3, 0.4) is 0 Å². The van der Waals surface area contributed by atoms with Gasteiger partial charge in [-0.2, -0.15) is 0 Å². The van der Waals surface area contributed by atoms with Crippen molar-refractivity contribution < 1.29 is 9.53 Å². The first-order chi connectivity index (χ1) is 7.58. The zero-order valence-electron chi connectivity index (χ0n) is 10.5. The van der Waals surface area contributed by atoms with Gasteiger partial charge in [-0.3, -0.25) is 4.79 Å². The summed E-state index contributed by atoms with van der Waals surface area (Å²) in [5, 5.41) is 0. The Hall–Kier alpha value is -1.31. The fraction of sp³-hybridized carbons (Fsp3) is 0.500. The predicted molar refractivity (Wildman–Crippen MR) is 66.2 cm³/mol. The molecule has 88 valence electrons. The number of rotatable bonds is 5. The zero-order valence-corrected chi connectivity index (χ0v) is 10.5. The number of hydrogen-bond donors (Lipinski definition) is 0. The van der Waals surface area contributed by atoms with Crippen LogP contribution in [0.2, 0.25) is 0 Å². The van der Waals surface area contributed by atoms with E-state index in [2.05, 4.69) is 13.8 Å². The number of ether oxygens (including phenoxy) is 1. The molecule has 0 aliphatic rings. The topological polar surface area (TPSA) is 26.3 Å². The van der Waals surface area contributed by atoms with Crippen LogP contribution in [0.5, 0.6) is 5.75 Å². The second-order valence-electron chi connectivity index (χ2n) is 4.09. The van der Waals surface area contributed by atoms with Crippen molar-refractivity contribution in [2.75, 3.05) is 0 Å². The van der Waals surface area contributed by atoms with E-state index in [0.29, 0.717) is 0 Å². The number of carbonyl (C=O) groups excluding carboxylic acids is 1. The second-order valence-corrected chi connectivity index (χ2v) is 4.09. The third-order valence-electron chi connectivity index (χ3n) is 2.79. The minimum Gasteiger partial charge on any atom is -0.490 e. The maximum atomic E-state index is 11.2. The van der Waals surface area contributed by atoms with Gasteiger partial charge in [0, 0.05) is 5.56 Å². The van der Waals surface area contributed by atoms with Gasteiger partial charge in [0.15, 0.2) is 5.78 Å². The molecule has 0 N–H and O–H groups in total. The molecule has 0 aliphatic heterocycles. The van der Waals surface area contributed by atoms with E-state index < -0.39 is 0 Å². The smallest absolute Gasteiger partial charge is 0.159 e. The van der Waals surface area contributed by atoms with Gasteiger partial charge in [0.1, 0.15) is 5.75 Å². The summed E-state index contributed by atoms with van der Waals surface area (Å²) in [6, 6.07) is 5.61. The normalized spacial score (nSPS) is 10.6. The summed E-state index contributed by atoms with van der Waals surface area (Å²) >= 11 is 0. The van der Waals surface area contributed by atoms with Crippen LogP contribution in [0.25, 0.3) is 0 Å². The highest BCUT2D eigenvalue weighted by Gasteiger charge is 2.08. The molecule has 0 heterocycles. The third kappa shape index (κ3) is 3.09. The zero-order chi connectivity index (χ0) is 12.1. The van der Waals surface area contributed by atoms with Crippen LogP contribution in [0.4, 0.5) is 0 Å². The van der Waals surface area contributed by atoms with Crippen molar-refractivity contribution in [3.8, 4) is 5.75 Å². The first kappa shape index (κ1) is 12.8. The molecule has 0 aromatic heterocycles. The molecule has 1 aromatic rings. The summed E-state index contributed by atoms with van der Waals surface area (Å²) in [6.45, 7) is 7.79. The number of Topliss-reactive ketones (excluding diaryl/α,β-unsaturated/α-hetero) is 1. The molecule has 0 saturated carbocycles. The van der Waals surface area contributed by atoms with E-state index >= 15 is 0 Å². The summed E-state index contributed by atoms with van der Waals surface area (Å²) in [5.74, 6) is 0.982. The van der Waals surface area contributed by atoms with Gasteiger partial charge in [0.2, 0.25) is 0 Å². The van der Waals surface area contributed by atoms with Gasteiger partial charge in [-0.25, -0.2) is 0 Å². The van der Waals surface area contributed by atoms with Gasteiger partial charge in [-0.15, -0.1) is 0 Å². The Kier molecular flexibility index (Phi) is 4.53. The van der Waals surface area contributed by atoms with E-state index in [1.165, 1.54) is 0 Å². The minimum absolute atomic E-state index is 0.0946. The predicted octanol–water partition coefficient (Wildman–Crippen LogP) is 3.77. The number of aryl methyl sites for hydroxylation is 1. The molecule has 0 unspecified atom stereocenters. The fourth-order valence-electron chi connectivity index (χ4n) is 1.64. The molecule has 2 nitrogen and oxygen atoms in total. The Balaban J connectivity index is 2.86.